The predicted octanol–water partition coefficient (Wildman–Crippen LogP) is 6.37. The van der Waals surface area contributed by atoms with Gasteiger partial charge in [-0.2, -0.15) is 0 Å². The van der Waals surface area contributed by atoms with E-state index in [9.17, 15) is 9.18 Å². The summed E-state index contributed by atoms with van der Waals surface area (Å²) < 4.78 is 30.1. The predicted molar refractivity (Wildman–Crippen MR) is 135 cm³/mol. The van der Waals surface area contributed by atoms with E-state index in [0.29, 0.717) is 22.7 Å². The molecule has 0 unspecified atom stereocenters. The normalized spacial score (nSPS) is 10.5. The molecule has 5 nitrogen and oxygen atoms in total. The zero-order valence-corrected chi connectivity index (χ0v) is 19.8. The van der Waals surface area contributed by atoms with Crippen molar-refractivity contribution in [1.82, 2.24) is 0 Å². The average Bonchev–Trinajstić information content (AvgIpc) is 2.92. The minimum atomic E-state index is -0.397. The van der Waals surface area contributed by atoms with E-state index < -0.39 is 5.82 Å². The van der Waals surface area contributed by atoms with Crippen LogP contribution in [-0.2, 0) is 6.54 Å². The van der Waals surface area contributed by atoms with Gasteiger partial charge in [-0.15, -0.1) is 0 Å². The van der Waals surface area contributed by atoms with E-state index in [2.05, 4.69) is 0 Å². The summed E-state index contributed by atoms with van der Waals surface area (Å²) in [5.41, 5.74) is 3.67. The Labute approximate surface area is 204 Å². The lowest BCUT2D eigenvalue weighted by molar-refractivity contribution is 0.0985. The highest BCUT2D eigenvalue weighted by atomic mass is 19.1. The van der Waals surface area contributed by atoms with Crippen LogP contribution in [-0.4, -0.2) is 27.2 Å². The Morgan fingerprint density at radius 2 is 1.43 bits per heavy atom. The summed E-state index contributed by atoms with van der Waals surface area (Å²) in [6.45, 7) is 0.217. The van der Waals surface area contributed by atoms with Gasteiger partial charge in [0.05, 0.1) is 27.9 Å². The summed E-state index contributed by atoms with van der Waals surface area (Å²) in [4.78, 5) is 15.3. The van der Waals surface area contributed by atoms with Crippen molar-refractivity contribution >= 4 is 11.6 Å². The van der Waals surface area contributed by atoms with Gasteiger partial charge in [0.25, 0.3) is 5.91 Å². The second-order valence-corrected chi connectivity index (χ2v) is 7.82. The molecule has 0 aliphatic heterocycles. The van der Waals surface area contributed by atoms with Crippen molar-refractivity contribution in [3.05, 3.63) is 108 Å². The van der Waals surface area contributed by atoms with Crippen molar-refractivity contribution in [2.45, 2.75) is 6.54 Å². The fourth-order valence-electron chi connectivity index (χ4n) is 3.91. The fourth-order valence-corrected chi connectivity index (χ4v) is 3.91. The number of carbonyl (C=O) groups is 1. The van der Waals surface area contributed by atoms with Crippen molar-refractivity contribution in [3.63, 3.8) is 0 Å². The molecule has 0 aliphatic rings. The molecule has 178 valence electrons. The molecule has 4 aromatic rings. The summed E-state index contributed by atoms with van der Waals surface area (Å²) in [6, 6.07) is 26.3. The number of benzene rings is 4. The molecule has 4 rings (SSSR count). The molecular formula is C29H26FNO4. The molecule has 0 spiro atoms. The number of para-hydroxylation sites is 1. The van der Waals surface area contributed by atoms with Crippen LogP contribution in [0.5, 0.6) is 17.2 Å². The van der Waals surface area contributed by atoms with Crippen LogP contribution < -0.4 is 19.1 Å². The quantitative estimate of drug-likeness (QED) is 0.300. The largest absolute Gasteiger partial charge is 0.497 e. The van der Waals surface area contributed by atoms with Gasteiger partial charge in [0.15, 0.2) is 0 Å². The zero-order valence-electron chi connectivity index (χ0n) is 19.8. The van der Waals surface area contributed by atoms with E-state index in [1.807, 2.05) is 60.7 Å². The van der Waals surface area contributed by atoms with Gasteiger partial charge in [-0.3, -0.25) is 4.79 Å². The van der Waals surface area contributed by atoms with E-state index >= 15 is 0 Å². The van der Waals surface area contributed by atoms with Crippen molar-refractivity contribution < 1.29 is 23.4 Å². The van der Waals surface area contributed by atoms with Crippen LogP contribution in [0.3, 0.4) is 0 Å². The molecule has 0 saturated carbocycles. The van der Waals surface area contributed by atoms with Gasteiger partial charge in [0.1, 0.15) is 23.1 Å². The minimum absolute atomic E-state index is 0.217. The second-order valence-electron chi connectivity index (χ2n) is 7.82. The van der Waals surface area contributed by atoms with Crippen LogP contribution in [0.2, 0.25) is 0 Å². The molecule has 35 heavy (non-hydrogen) atoms. The first-order valence-electron chi connectivity index (χ1n) is 11.1. The van der Waals surface area contributed by atoms with Gasteiger partial charge in [-0.05, 0) is 65.7 Å². The number of rotatable bonds is 8. The maximum atomic E-state index is 13.6. The van der Waals surface area contributed by atoms with E-state index in [1.165, 1.54) is 24.3 Å². The Morgan fingerprint density at radius 1 is 0.771 bits per heavy atom. The third-order valence-corrected chi connectivity index (χ3v) is 5.76. The van der Waals surface area contributed by atoms with Crippen LogP contribution in [0.4, 0.5) is 10.1 Å². The first-order chi connectivity index (χ1) is 17.0. The molecule has 0 aliphatic carbocycles. The molecule has 4 aromatic carbocycles. The summed E-state index contributed by atoms with van der Waals surface area (Å²) in [5, 5.41) is 0. The smallest absolute Gasteiger partial charge is 0.258 e. The number of nitrogens with zero attached hydrogens (tertiary/aromatic N) is 1. The third kappa shape index (κ3) is 5.27. The van der Waals surface area contributed by atoms with E-state index in [4.69, 9.17) is 14.2 Å². The molecule has 0 saturated heterocycles. The van der Waals surface area contributed by atoms with Crippen LogP contribution >= 0.6 is 0 Å². The summed E-state index contributed by atoms with van der Waals surface area (Å²) >= 11 is 0. The van der Waals surface area contributed by atoms with Gasteiger partial charge in [0.2, 0.25) is 0 Å². The van der Waals surface area contributed by atoms with E-state index in [1.54, 1.807) is 32.3 Å². The number of carbonyl (C=O) groups excluding carboxylic acids is 1. The Hall–Kier alpha value is -4.32. The molecule has 0 bridgehead atoms. The number of anilines is 1. The van der Waals surface area contributed by atoms with Crippen molar-refractivity contribution in [1.29, 1.82) is 0 Å². The lowest BCUT2D eigenvalue weighted by Crippen LogP contribution is -2.30. The molecule has 0 heterocycles. The maximum Gasteiger partial charge on any atom is 0.258 e. The lowest BCUT2D eigenvalue weighted by atomic mass is 9.97. The highest BCUT2D eigenvalue weighted by Crippen LogP contribution is 2.38. The van der Waals surface area contributed by atoms with E-state index in [0.717, 1.165) is 22.4 Å². The average molecular weight is 472 g/mol. The first kappa shape index (κ1) is 23.8. The molecule has 6 heteroatoms. The van der Waals surface area contributed by atoms with Gasteiger partial charge in [0, 0.05) is 22.9 Å². The molecule has 0 radical (unpaired) electrons. The number of ether oxygens (including phenoxy) is 3. The number of methoxy groups -OCH3 is 3. The van der Waals surface area contributed by atoms with Crippen LogP contribution in [0, 0.1) is 5.82 Å². The minimum Gasteiger partial charge on any atom is -0.497 e. The van der Waals surface area contributed by atoms with Crippen molar-refractivity contribution in [3.8, 4) is 28.4 Å². The number of hydrogen-bond acceptors (Lipinski definition) is 4. The van der Waals surface area contributed by atoms with Crippen LogP contribution in [0.15, 0.2) is 91.0 Å². The monoisotopic (exact) mass is 471 g/mol. The van der Waals surface area contributed by atoms with Gasteiger partial charge in [-0.25, -0.2) is 4.39 Å². The molecule has 0 fully saturated rings. The van der Waals surface area contributed by atoms with Crippen molar-refractivity contribution in [2.24, 2.45) is 0 Å². The van der Waals surface area contributed by atoms with Gasteiger partial charge >= 0.3 is 0 Å². The highest BCUT2D eigenvalue weighted by molar-refractivity contribution is 6.06. The van der Waals surface area contributed by atoms with Crippen LogP contribution in [0.1, 0.15) is 15.9 Å². The molecule has 0 aromatic heterocycles. The first-order valence-corrected chi connectivity index (χ1v) is 11.1. The topological polar surface area (TPSA) is 48.0 Å². The van der Waals surface area contributed by atoms with Crippen molar-refractivity contribution in [2.75, 3.05) is 26.2 Å². The lowest BCUT2D eigenvalue weighted by Gasteiger charge is -2.26. The molecule has 0 atom stereocenters. The summed E-state index contributed by atoms with van der Waals surface area (Å²) in [5.74, 6) is 1.30. The van der Waals surface area contributed by atoms with Gasteiger partial charge in [-0.1, -0.05) is 30.3 Å². The molecule has 0 N–H and O–H groups in total. The van der Waals surface area contributed by atoms with Gasteiger partial charge < -0.3 is 19.1 Å². The number of amides is 1. The maximum absolute atomic E-state index is 13.6. The number of hydrogen-bond donors (Lipinski definition) is 0. The Morgan fingerprint density at radius 3 is 2.03 bits per heavy atom. The Bertz CT molecular complexity index is 1290. The standard InChI is InChI=1S/C29H26FNO4/c1-33-24-15-11-20(12-16-24)26-17-25(34-2)18-28(35-3)27(26)19-31(23-7-5-4-6-8-23)29(32)21-9-13-22(30)14-10-21/h4-18H,19H2,1-3H3. The molecular weight excluding hydrogens is 445 g/mol. The Kier molecular flexibility index (Phi) is 7.31. The summed E-state index contributed by atoms with van der Waals surface area (Å²) in [6.07, 6.45) is 0. The third-order valence-electron chi connectivity index (χ3n) is 5.76. The SMILES string of the molecule is COc1ccc(-c2cc(OC)cc(OC)c2CN(C(=O)c2ccc(F)cc2)c2ccccc2)cc1. The molecule has 1 amide bonds. The summed E-state index contributed by atoms with van der Waals surface area (Å²) in [7, 11) is 4.80. The number of halogens is 1. The fraction of sp³-hybridized carbons (Fsp3) is 0.138. The second kappa shape index (κ2) is 10.7. The zero-order chi connectivity index (χ0) is 24.8. The van der Waals surface area contributed by atoms with Crippen LogP contribution in [0.25, 0.3) is 11.1 Å². The van der Waals surface area contributed by atoms with E-state index in [-0.39, 0.29) is 12.5 Å². The highest BCUT2D eigenvalue weighted by Gasteiger charge is 2.23. The Balaban J connectivity index is 1.85.